The molecule has 2 N–H and O–H groups in total. The smallest absolute Gasteiger partial charge is 0.213 e. The Balaban J connectivity index is 1.79. The molecule has 0 aliphatic carbocycles. The largest absolute Gasteiger partial charge is 0.475 e. The summed E-state index contributed by atoms with van der Waals surface area (Å²) in [7, 11) is 1.82. The molecule has 1 unspecified atom stereocenters. The van der Waals surface area contributed by atoms with Crippen LogP contribution in [0.15, 0.2) is 35.5 Å². The van der Waals surface area contributed by atoms with Gasteiger partial charge in [0.25, 0.3) is 0 Å². The molecular weight excluding hydrogens is 362 g/mol. The van der Waals surface area contributed by atoms with Crippen LogP contribution in [-0.4, -0.2) is 54.7 Å². The van der Waals surface area contributed by atoms with Gasteiger partial charge in [0.2, 0.25) is 5.88 Å². The van der Waals surface area contributed by atoms with Crippen LogP contribution in [0.4, 0.5) is 0 Å². The van der Waals surface area contributed by atoms with Gasteiger partial charge in [-0.15, -0.1) is 0 Å². The van der Waals surface area contributed by atoms with Crippen molar-refractivity contribution in [2.24, 2.45) is 10.9 Å². The Hall–Kier alpha value is -2.08. The molecule has 1 aliphatic rings. The number of guanidine groups is 1. The zero-order valence-corrected chi connectivity index (χ0v) is 18.9. The Bertz CT molecular complexity index is 665. The van der Waals surface area contributed by atoms with Crippen molar-refractivity contribution < 1.29 is 4.74 Å². The average Bonchev–Trinajstić information content (AvgIpc) is 2.65. The average molecular weight is 402 g/mol. The lowest BCUT2D eigenvalue weighted by atomic mass is 10.0. The second kappa shape index (κ2) is 11.8. The number of aromatic nitrogens is 1. The second-order valence-electron chi connectivity index (χ2n) is 8.64. The fraction of sp³-hybridized carbons (Fsp3) is 0.652. The van der Waals surface area contributed by atoms with Gasteiger partial charge in [-0.3, -0.25) is 9.89 Å². The fourth-order valence-corrected chi connectivity index (χ4v) is 3.73. The van der Waals surface area contributed by atoms with Gasteiger partial charge in [-0.1, -0.05) is 26.0 Å². The minimum Gasteiger partial charge on any atom is -0.475 e. The number of nitrogens with zero attached hydrogens (tertiary/aromatic N) is 3. The maximum absolute atomic E-state index is 5.96. The summed E-state index contributed by atoms with van der Waals surface area (Å²) in [6, 6.07) is 4.47. The van der Waals surface area contributed by atoms with Crippen molar-refractivity contribution >= 4 is 5.96 Å². The highest BCUT2D eigenvalue weighted by Crippen LogP contribution is 2.15. The van der Waals surface area contributed by atoms with E-state index in [1.54, 1.807) is 0 Å². The van der Waals surface area contributed by atoms with Gasteiger partial charge in [-0.2, -0.15) is 0 Å². The summed E-state index contributed by atoms with van der Waals surface area (Å²) in [5.74, 6) is 2.14. The quantitative estimate of drug-likeness (QED) is 0.376. The van der Waals surface area contributed by atoms with Gasteiger partial charge in [0.1, 0.15) is 0 Å². The van der Waals surface area contributed by atoms with E-state index in [9.17, 15) is 0 Å². The maximum Gasteiger partial charge on any atom is 0.213 e. The molecule has 0 aromatic carbocycles. The van der Waals surface area contributed by atoms with Crippen LogP contribution < -0.4 is 15.4 Å². The number of aliphatic imine (C=N–C) groups is 1. The van der Waals surface area contributed by atoms with Crippen LogP contribution in [0.3, 0.4) is 0 Å². The van der Waals surface area contributed by atoms with Crippen LogP contribution in [0.2, 0.25) is 0 Å². The highest BCUT2D eigenvalue weighted by Gasteiger charge is 2.19. The lowest BCUT2D eigenvalue weighted by Crippen LogP contribution is -2.48. The van der Waals surface area contributed by atoms with Crippen LogP contribution in [-0.2, 0) is 6.54 Å². The minimum atomic E-state index is 0.163. The molecular formula is C23H39N5O. The highest BCUT2D eigenvalue weighted by molar-refractivity contribution is 5.79. The third kappa shape index (κ3) is 8.86. The third-order valence-electron chi connectivity index (χ3n) is 5.03. The molecule has 1 aliphatic heterocycles. The Kier molecular flexibility index (Phi) is 9.45. The van der Waals surface area contributed by atoms with E-state index in [0.29, 0.717) is 24.4 Å². The van der Waals surface area contributed by atoms with Gasteiger partial charge in [-0.25, -0.2) is 4.98 Å². The van der Waals surface area contributed by atoms with Crippen LogP contribution in [0.5, 0.6) is 5.88 Å². The molecule has 29 heavy (non-hydrogen) atoms. The number of likely N-dealkylation sites (tertiary alicyclic amines) is 1. The van der Waals surface area contributed by atoms with E-state index in [1.807, 2.05) is 25.4 Å². The van der Waals surface area contributed by atoms with E-state index < -0.39 is 0 Å². The van der Waals surface area contributed by atoms with Gasteiger partial charge in [0.05, 0.1) is 6.10 Å². The van der Waals surface area contributed by atoms with Crippen molar-refractivity contribution in [3.63, 3.8) is 0 Å². The lowest BCUT2D eigenvalue weighted by molar-refractivity contribution is 0.185. The number of hydrogen-bond donors (Lipinski definition) is 2. The van der Waals surface area contributed by atoms with Crippen molar-refractivity contribution in [3.8, 4) is 5.88 Å². The fourth-order valence-electron chi connectivity index (χ4n) is 3.73. The van der Waals surface area contributed by atoms with Gasteiger partial charge in [0.15, 0.2) is 5.96 Å². The summed E-state index contributed by atoms with van der Waals surface area (Å²) in [5.41, 5.74) is 2.36. The molecule has 0 spiro atoms. The first-order valence-corrected chi connectivity index (χ1v) is 10.8. The monoisotopic (exact) mass is 401 g/mol. The summed E-state index contributed by atoms with van der Waals surface area (Å²) >= 11 is 0. The van der Waals surface area contributed by atoms with E-state index in [1.165, 1.54) is 5.57 Å². The molecule has 0 amide bonds. The predicted octanol–water partition coefficient (Wildman–Crippen LogP) is 3.60. The Morgan fingerprint density at radius 2 is 2.07 bits per heavy atom. The number of piperidine rings is 1. The van der Waals surface area contributed by atoms with E-state index in [4.69, 9.17) is 4.74 Å². The molecule has 1 atom stereocenters. The molecule has 1 saturated heterocycles. The molecule has 2 rings (SSSR count). The normalized spacial score (nSPS) is 17.2. The van der Waals surface area contributed by atoms with Crippen molar-refractivity contribution in [3.05, 3.63) is 36.0 Å². The van der Waals surface area contributed by atoms with Gasteiger partial charge in [0, 0.05) is 51.5 Å². The molecule has 6 nitrogen and oxygen atoms in total. The third-order valence-corrected chi connectivity index (χ3v) is 5.03. The van der Waals surface area contributed by atoms with Gasteiger partial charge >= 0.3 is 0 Å². The molecule has 162 valence electrons. The molecule has 0 saturated carbocycles. The summed E-state index contributed by atoms with van der Waals surface area (Å²) in [4.78, 5) is 11.2. The van der Waals surface area contributed by atoms with Crippen molar-refractivity contribution in [2.75, 3.05) is 26.7 Å². The number of pyridine rings is 1. The Morgan fingerprint density at radius 3 is 2.69 bits per heavy atom. The number of hydrogen-bond acceptors (Lipinski definition) is 4. The van der Waals surface area contributed by atoms with Gasteiger partial charge in [-0.05, 0) is 50.7 Å². The zero-order chi connectivity index (χ0) is 21.2. The standard InChI is InChI=1S/C23H39N5O/c1-17(2)13-19(5)29-22-14-20(7-10-25-22)15-26-23(24-6)27-21-8-11-28(12-9-21)16-18(3)4/h7,10,14,17,19,21H,3,8-9,11-13,15-16H2,1-2,4-6H3,(H2,24,26,27). The second-order valence-corrected chi connectivity index (χ2v) is 8.64. The predicted molar refractivity (Wildman–Crippen MR) is 121 cm³/mol. The summed E-state index contributed by atoms with van der Waals surface area (Å²) in [6.45, 7) is 16.5. The summed E-state index contributed by atoms with van der Waals surface area (Å²) < 4.78 is 5.96. The molecule has 2 heterocycles. The van der Waals surface area contributed by atoms with E-state index >= 15 is 0 Å². The number of nitrogens with one attached hydrogen (secondary N) is 2. The van der Waals surface area contributed by atoms with Crippen LogP contribution in [0.25, 0.3) is 0 Å². The van der Waals surface area contributed by atoms with E-state index in [2.05, 4.69) is 59.8 Å². The van der Waals surface area contributed by atoms with Crippen LogP contribution >= 0.6 is 0 Å². The van der Waals surface area contributed by atoms with Crippen molar-refractivity contribution in [1.82, 2.24) is 20.5 Å². The van der Waals surface area contributed by atoms with Crippen LogP contribution in [0, 0.1) is 5.92 Å². The van der Waals surface area contributed by atoms with Gasteiger partial charge < -0.3 is 15.4 Å². The van der Waals surface area contributed by atoms with E-state index in [-0.39, 0.29) is 6.10 Å². The topological polar surface area (TPSA) is 61.8 Å². The molecule has 1 fully saturated rings. The number of rotatable bonds is 9. The molecule has 1 aromatic heterocycles. The highest BCUT2D eigenvalue weighted by atomic mass is 16.5. The summed E-state index contributed by atoms with van der Waals surface area (Å²) in [6.07, 6.45) is 5.23. The first-order chi connectivity index (χ1) is 13.9. The molecule has 1 aromatic rings. The minimum absolute atomic E-state index is 0.163. The Morgan fingerprint density at radius 1 is 1.34 bits per heavy atom. The van der Waals surface area contributed by atoms with Crippen LogP contribution in [0.1, 0.15) is 52.5 Å². The summed E-state index contributed by atoms with van der Waals surface area (Å²) in [5, 5.41) is 6.98. The molecule has 6 heteroatoms. The molecule has 0 bridgehead atoms. The first-order valence-electron chi connectivity index (χ1n) is 10.8. The SMILES string of the molecule is C=C(C)CN1CCC(NC(=NC)NCc2ccnc(OC(C)CC(C)C)c2)CC1. The first kappa shape index (κ1) is 23.2. The molecule has 0 radical (unpaired) electrons. The maximum atomic E-state index is 5.96. The van der Waals surface area contributed by atoms with Crippen molar-refractivity contribution in [2.45, 2.75) is 65.6 Å². The van der Waals surface area contributed by atoms with Crippen molar-refractivity contribution in [1.29, 1.82) is 0 Å². The Labute approximate surface area is 176 Å². The zero-order valence-electron chi connectivity index (χ0n) is 18.9. The van der Waals surface area contributed by atoms with E-state index in [0.717, 1.165) is 50.4 Å². The number of ether oxygens (including phenoxy) is 1. The lowest BCUT2D eigenvalue weighted by Gasteiger charge is -2.33.